The van der Waals surface area contributed by atoms with Gasteiger partial charge in [0.25, 0.3) is 11.1 Å². The molecule has 3 aromatic heterocycles. The molecular weight excluding hydrogens is 350 g/mol. The Morgan fingerprint density at radius 1 is 1.30 bits per heavy atom. The maximum Gasteiger partial charge on any atom is 0.277 e. The number of nitrogens with zero attached hydrogens (tertiary/aromatic N) is 3. The first-order valence-electron chi connectivity index (χ1n) is 7.13. The van der Waals surface area contributed by atoms with Gasteiger partial charge in [0.15, 0.2) is 0 Å². The van der Waals surface area contributed by atoms with Crippen molar-refractivity contribution >= 4 is 40.3 Å². The van der Waals surface area contributed by atoms with Crippen molar-refractivity contribution in [1.29, 1.82) is 0 Å². The Morgan fingerprint density at radius 2 is 2.26 bits per heavy atom. The molecule has 0 aromatic carbocycles. The standard InChI is InChI=1S/C15H13N3O2S3/c19-13(18-5-3-11-10(8-18)4-7-22-11)9-23-15-17-16-14(20-15)12-2-1-6-21-12/h1-2,4,6-7H,3,5,8-9H2. The molecule has 0 spiro atoms. The summed E-state index contributed by atoms with van der Waals surface area (Å²) in [4.78, 5) is 16.6. The summed E-state index contributed by atoms with van der Waals surface area (Å²) >= 11 is 4.63. The summed E-state index contributed by atoms with van der Waals surface area (Å²) in [6, 6.07) is 5.98. The molecule has 0 atom stereocenters. The van der Waals surface area contributed by atoms with Gasteiger partial charge in [-0.1, -0.05) is 17.8 Å². The quantitative estimate of drug-likeness (QED) is 0.664. The van der Waals surface area contributed by atoms with Gasteiger partial charge in [0.05, 0.1) is 10.6 Å². The van der Waals surface area contributed by atoms with Crippen molar-refractivity contribution in [1.82, 2.24) is 15.1 Å². The predicted octanol–water partition coefficient (Wildman–Crippen LogP) is 3.54. The minimum atomic E-state index is 0.114. The average Bonchev–Trinajstić information content (AvgIpc) is 3.32. The number of carbonyl (C=O) groups is 1. The van der Waals surface area contributed by atoms with Gasteiger partial charge in [-0.2, -0.15) is 0 Å². The second-order valence-electron chi connectivity index (χ2n) is 5.07. The fraction of sp³-hybridized carbons (Fsp3) is 0.267. The summed E-state index contributed by atoms with van der Waals surface area (Å²) in [5, 5.41) is 12.5. The van der Waals surface area contributed by atoms with Crippen LogP contribution >= 0.6 is 34.4 Å². The first-order valence-corrected chi connectivity index (χ1v) is 9.87. The summed E-state index contributed by atoms with van der Waals surface area (Å²) in [7, 11) is 0. The molecule has 0 N–H and O–H groups in total. The van der Waals surface area contributed by atoms with Crippen LogP contribution in [-0.2, 0) is 17.8 Å². The maximum atomic E-state index is 12.4. The highest BCUT2D eigenvalue weighted by Crippen LogP contribution is 2.28. The SMILES string of the molecule is O=C(CSc1nnc(-c2cccs2)o1)N1CCc2sccc2C1. The van der Waals surface area contributed by atoms with Gasteiger partial charge in [0, 0.05) is 18.0 Å². The minimum Gasteiger partial charge on any atom is -0.410 e. The molecule has 1 aliphatic heterocycles. The van der Waals surface area contributed by atoms with Gasteiger partial charge in [-0.05, 0) is 34.9 Å². The molecule has 0 saturated heterocycles. The third-order valence-corrected chi connectivity index (χ3v) is 6.30. The number of hydrogen-bond acceptors (Lipinski definition) is 7. The van der Waals surface area contributed by atoms with Crippen molar-refractivity contribution in [2.75, 3.05) is 12.3 Å². The molecule has 4 heterocycles. The lowest BCUT2D eigenvalue weighted by Gasteiger charge is -2.26. The van der Waals surface area contributed by atoms with E-state index in [4.69, 9.17) is 4.42 Å². The molecular formula is C15H13N3O2S3. The molecule has 0 aliphatic carbocycles. The normalized spacial score (nSPS) is 14.0. The van der Waals surface area contributed by atoms with E-state index in [2.05, 4.69) is 21.6 Å². The van der Waals surface area contributed by atoms with Crippen LogP contribution in [0.3, 0.4) is 0 Å². The summed E-state index contributed by atoms with van der Waals surface area (Å²) in [6.45, 7) is 1.50. The minimum absolute atomic E-state index is 0.114. The van der Waals surface area contributed by atoms with E-state index in [0.717, 1.165) is 17.8 Å². The van der Waals surface area contributed by atoms with Gasteiger partial charge in [0.2, 0.25) is 5.91 Å². The number of rotatable bonds is 4. The van der Waals surface area contributed by atoms with E-state index >= 15 is 0 Å². The first-order chi connectivity index (χ1) is 11.3. The number of carbonyl (C=O) groups excluding carboxylic acids is 1. The van der Waals surface area contributed by atoms with E-state index < -0.39 is 0 Å². The number of amides is 1. The Bertz CT molecular complexity index is 810. The number of thioether (sulfide) groups is 1. The van der Waals surface area contributed by atoms with Crippen LogP contribution in [0.4, 0.5) is 0 Å². The molecule has 0 bridgehead atoms. The molecule has 23 heavy (non-hydrogen) atoms. The number of thiophene rings is 2. The lowest BCUT2D eigenvalue weighted by atomic mass is 10.1. The Morgan fingerprint density at radius 3 is 3.13 bits per heavy atom. The zero-order valence-corrected chi connectivity index (χ0v) is 14.5. The largest absolute Gasteiger partial charge is 0.410 e. The summed E-state index contributed by atoms with van der Waals surface area (Å²) in [6.07, 6.45) is 0.951. The Hall–Kier alpha value is -1.64. The third-order valence-electron chi connectivity index (χ3n) is 3.62. The predicted molar refractivity (Wildman–Crippen MR) is 91.8 cm³/mol. The summed E-state index contributed by atoms with van der Waals surface area (Å²) in [5.74, 6) is 0.949. The van der Waals surface area contributed by atoms with Crippen molar-refractivity contribution in [3.63, 3.8) is 0 Å². The second kappa shape index (κ2) is 6.46. The van der Waals surface area contributed by atoms with E-state index in [9.17, 15) is 4.79 Å². The van der Waals surface area contributed by atoms with E-state index in [1.54, 1.807) is 22.7 Å². The Labute approximate surface area is 145 Å². The number of fused-ring (bicyclic) bond motifs is 1. The maximum absolute atomic E-state index is 12.4. The number of hydrogen-bond donors (Lipinski definition) is 0. The molecule has 1 amide bonds. The van der Waals surface area contributed by atoms with E-state index in [0.29, 0.717) is 23.4 Å². The zero-order valence-electron chi connectivity index (χ0n) is 12.1. The Kier molecular flexibility index (Phi) is 4.19. The average molecular weight is 363 g/mol. The summed E-state index contributed by atoms with van der Waals surface area (Å²) in [5.41, 5.74) is 1.28. The highest BCUT2D eigenvalue weighted by molar-refractivity contribution is 7.99. The van der Waals surface area contributed by atoms with E-state index in [1.807, 2.05) is 22.4 Å². The van der Waals surface area contributed by atoms with Crippen LogP contribution in [0.5, 0.6) is 0 Å². The van der Waals surface area contributed by atoms with E-state index in [1.165, 1.54) is 22.2 Å². The molecule has 4 rings (SSSR count). The monoisotopic (exact) mass is 363 g/mol. The molecule has 8 heteroatoms. The lowest BCUT2D eigenvalue weighted by molar-refractivity contribution is -0.129. The van der Waals surface area contributed by atoms with Gasteiger partial charge < -0.3 is 9.32 Å². The zero-order chi connectivity index (χ0) is 15.6. The molecule has 0 saturated carbocycles. The molecule has 118 valence electrons. The van der Waals surface area contributed by atoms with E-state index in [-0.39, 0.29) is 5.91 Å². The molecule has 0 radical (unpaired) electrons. The number of aromatic nitrogens is 2. The topological polar surface area (TPSA) is 59.2 Å². The van der Waals surface area contributed by atoms with Crippen molar-refractivity contribution in [2.24, 2.45) is 0 Å². The molecule has 3 aromatic rings. The third kappa shape index (κ3) is 3.19. The lowest BCUT2D eigenvalue weighted by Crippen LogP contribution is -2.36. The highest BCUT2D eigenvalue weighted by atomic mass is 32.2. The molecule has 0 unspecified atom stereocenters. The summed E-state index contributed by atoms with van der Waals surface area (Å²) < 4.78 is 5.59. The van der Waals surface area contributed by atoms with Crippen LogP contribution in [0.15, 0.2) is 38.6 Å². The smallest absolute Gasteiger partial charge is 0.277 e. The first kappa shape index (κ1) is 14.9. The van der Waals surface area contributed by atoms with Crippen LogP contribution in [-0.4, -0.2) is 33.3 Å². The highest BCUT2D eigenvalue weighted by Gasteiger charge is 2.22. The van der Waals surface area contributed by atoms with Crippen LogP contribution in [0.2, 0.25) is 0 Å². The van der Waals surface area contributed by atoms with Crippen molar-refractivity contribution in [3.8, 4) is 10.8 Å². The fourth-order valence-electron chi connectivity index (χ4n) is 2.44. The van der Waals surface area contributed by atoms with Crippen LogP contribution in [0, 0.1) is 0 Å². The van der Waals surface area contributed by atoms with Crippen LogP contribution in [0.1, 0.15) is 10.4 Å². The van der Waals surface area contributed by atoms with Crippen LogP contribution < -0.4 is 0 Å². The van der Waals surface area contributed by atoms with Gasteiger partial charge in [-0.25, -0.2) is 0 Å². The van der Waals surface area contributed by atoms with Gasteiger partial charge >= 0.3 is 0 Å². The van der Waals surface area contributed by atoms with Gasteiger partial charge in [-0.3, -0.25) is 4.79 Å². The molecule has 1 aliphatic rings. The Balaban J connectivity index is 1.35. The van der Waals surface area contributed by atoms with Gasteiger partial charge in [-0.15, -0.1) is 32.9 Å². The second-order valence-corrected chi connectivity index (χ2v) is 7.95. The fourth-order valence-corrected chi connectivity index (χ4v) is 4.64. The molecule has 5 nitrogen and oxygen atoms in total. The van der Waals surface area contributed by atoms with Crippen LogP contribution in [0.25, 0.3) is 10.8 Å². The molecule has 0 fully saturated rings. The van der Waals surface area contributed by atoms with Gasteiger partial charge in [0.1, 0.15) is 0 Å². The van der Waals surface area contributed by atoms with Crippen molar-refractivity contribution in [3.05, 3.63) is 39.4 Å². The van der Waals surface area contributed by atoms with Crippen molar-refractivity contribution in [2.45, 2.75) is 18.2 Å². The van der Waals surface area contributed by atoms with Crippen molar-refractivity contribution < 1.29 is 9.21 Å².